The minimum absolute atomic E-state index is 0. The molecular formula is C22H39CuF3N2O5S. The molecule has 2 atom stereocenters. The van der Waals surface area contributed by atoms with Crippen LogP contribution in [-0.2, 0) is 36.7 Å². The summed E-state index contributed by atoms with van der Waals surface area (Å²) in [7, 11) is -5.84. The van der Waals surface area contributed by atoms with E-state index in [2.05, 4.69) is 83.1 Å². The van der Waals surface area contributed by atoms with Gasteiger partial charge in [-0.05, 0) is 52.4 Å². The monoisotopic (exact) mass is 563 g/mol. The first-order valence-corrected chi connectivity index (χ1v) is 12.2. The van der Waals surface area contributed by atoms with Gasteiger partial charge in [0, 0.05) is 17.1 Å². The van der Waals surface area contributed by atoms with Gasteiger partial charge in [0.2, 0.25) is 0 Å². The average molecular weight is 564 g/mol. The summed E-state index contributed by atoms with van der Waals surface area (Å²) in [4.78, 5) is 9.99. The quantitative estimate of drug-likeness (QED) is 0.266. The van der Waals surface area contributed by atoms with Gasteiger partial charge in [-0.15, -0.1) is 0 Å². The van der Waals surface area contributed by atoms with E-state index in [4.69, 9.17) is 32.4 Å². The van der Waals surface area contributed by atoms with Crippen molar-refractivity contribution in [3.63, 3.8) is 0 Å². The van der Waals surface area contributed by atoms with Crippen molar-refractivity contribution in [3.8, 4) is 0 Å². The second-order valence-corrected chi connectivity index (χ2v) is 13.8. The molecule has 0 aromatic carbocycles. The van der Waals surface area contributed by atoms with Gasteiger partial charge < -0.3 is 9.47 Å². The second-order valence-electron chi connectivity index (χ2n) is 12.4. The number of alkyl halides is 3. The molecule has 1 radical (unpaired) electrons. The normalized spacial score (nSPS) is 24.6. The molecule has 0 fully saturated rings. The molecule has 0 aromatic rings. The number of hydrogen-bond donors (Lipinski definition) is 1. The number of rotatable bonds is 2. The van der Waals surface area contributed by atoms with Crippen molar-refractivity contribution in [1.82, 2.24) is 0 Å². The van der Waals surface area contributed by atoms with Crippen LogP contribution >= 0.6 is 0 Å². The van der Waals surface area contributed by atoms with E-state index in [1.54, 1.807) is 0 Å². The third-order valence-electron chi connectivity index (χ3n) is 5.53. The topological polar surface area (TPSA) is 97.6 Å². The van der Waals surface area contributed by atoms with E-state index in [-0.39, 0.29) is 51.2 Å². The molecule has 2 rings (SSSR count). The Hall–Kier alpha value is -0.841. The van der Waals surface area contributed by atoms with Crippen LogP contribution in [0.1, 0.15) is 83.1 Å². The molecule has 2 aliphatic rings. The van der Waals surface area contributed by atoms with Crippen LogP contribution in [0.4, 0.5) is 13.2 Å². The zero-order valence-electron chi connectivity index (χ0n) is 22.0. The SMILES string of the molecule is CC(C)(C1=N[C@@H](C(C)(C)C)C(C)(C)O1)C1=N[C@@H](C(C)(C)C)C(C)(C)O1.O=S(=O)(O)C(F)(F)F.[Cu]. The molecule has 0 aromatic heterocycles. The Kier molecular flexibility index (Phi) is 9.32. The van der Waals surface area contributed by atoms with Crippen molar-refractivity contribution in [2.24, 2.45) is 26.2 Å². The molecule has 0 saturated carbocycles. The fourth-order valence-electron chi connectivity index (χ4n) is 4.35. The van der Waals surface area contributed by atoms with E-state index in [1.165, 1.54) is 0 Å². The zero-order chi connectivity index (χ0) is 26.6. The maximum Gasteiger partial charge on any atom is 0.522 e. The number of nitrogens with zero attached hydrogens (tertiary/aromatic N) is 2. The zero-order valence-corrected chi connectivity index (χ0v) is 23.7. The molecule has 2 aliphatic heterocycles. The number of hydrogen-bond acceptors (Lipinski definition) is 6. The Morgan fingerprint density at radius 3 is 1.15 bits per heavy atom. The van der Waals surface area contributed by atoms with Crippen molar-refractivity contribution in [2.75, 3.05) is 0 Å². The predicted octanol–water partition coefficient (Wildman–Crippen LogP) is 5.65. The van der Waals surface area contributed by atoms with Crippen LogP contribution in [0.2, 0.25) is 0 Å². The van der Waals surface area contributed by atoms with Crippen LogP contribution in [0, 0.1) is 16.2 Å². The van der Waals surface area contributed by atoms with E-state index < -0.39 is 21.0 Å². The van der Waals surface area contributed by atoms with Gasteiger partial charge in [-0.2, -0.15) is 21.6 Å². The number of ether oxygens (including phenoxy) is 2. The predicted molar refractivity (Wildman–Crippen MR) is 123 cm³/mol. The minimum Gasteiger partial charge on any atom is -0.472 e. The smallest absolute Gasteiger partial charge is 0.472 e. The maximum atomic E-state index is 10.7. The first kappa shape index (κ1) is 33.2. The summed E-state index contributed by atoms with van der Waals surface area (Å²) in [5.74, 6) is 1.48. The molecule has 0 spiro atoms. The fraction of sp³-hybridized carbons (Fsp3) is 0.909. The van der Waals surface area contributed by atoms with Crippen molar-refractivity contribution in [1.29, 1.82) is 0 Å². The Balaban J connectivity index is 0.00000104. The first-order chi connectivity index (χ1) is 14.1. The summed E-state index contributed by atoms with van der Waals surface area (Å²) in [5.41, 5.74) is -6.60. The van der Waals surface area contributed by atoms with Gasteiger partial charge in [0.1, 0.15) is 16.6 Å². The number of aliphatic imine (C=N–C) groups is 2. The third kappa shape index (κ3) is 7.34. The van der Waals surface area contributed by atoms with Crippen LogP contribution in [0.25, 0.3) is 0 Å². The fourth-order valence-corrected chi connectivity index (χ4v) is 4.35. The molecule has 0 aliphatic carbocycles. The van der Waals surface area contributed by atoms with Gasteiger partial charge in [0.05, 0.1) is 12.1 Å². The van der Waals surface area contributed by atoms with Gasteiger partial charge >= 0.3 is 15.6 Å². The van der Waals surface area contributed by atoms with Crippen molar-refractivity contribution in [3.05, 3.63) is 0 Å². The summed E-state index contributed by atoms with van der Waals surface area (Å²) >= 11 is 0. The summed E-state index contributed by atoms with van der Waals surface area (Å²) < 4.78 is 70.2. The third-order valence-corrected chi connectivity index (χ3v) is 6.12. The van der Waals surface area contributed by atoms with Gasteiger partial charge in [0.25, 0.3) is 0 Å². The molecule has 205 valence electrons. The molecule has 12 heteroatoms. The Bertz CT molecular complexity index is 860. The van der Waals surface area contributed by atoms with Gasteiger partial charge in [-0.3, -0.25) is 4.55 Å². The molecule has 7 nitrogen and oxygen atoms in total. The molecule has 0 unspecified atom stereocenters. The Labute approximate surface area is 212 Å². The van der Waals surface area contributed by atoms with Crippen LogP contribution in [0.5, 0.6) is 0 Å². The van der Waals surface area contributed by atoms with E-state index in [0.29, 0.717) is 0 Å². The molecule has 0 amide bonds. The largest absolute Gasteiger partial charge is 0.522 e. The van der Waals surface area contributed by atoms with Crippen LogP contribution in [0.3, 0.4) is 0 Å². The Morgan fingerprint density at radius 2 is 1.00 bits per heavy atom. The second kappa shape index (κ2) is 9.56. The van der Waals surface area contributed by atoms with Crippen LogP contribution in [-0.4, -0.2) is 53.6 Å². The molecular weight excluding hydrogens is 525 g/mol. The summed E-state index contributed by atoms with van der Waals surface area (Å²) in [5, 5.41) is 0. The first-order valence-electron chi connectivity index (χ1n) is 10.7. The maximum absolute atomic E-state index is 10.7. The van der Waals surface area contributed by atoms with E-state index in [0.717, 1.165) is 11.8 Å². The molecule has 2 heterocycles. The van der Waals surface area contributed by atoms with Crippen molar-refractivity contribution in [2.45, 2.75) is 112 Å². The molecule has 0 bridgehead atoms. The summed E-state index contributed by atoms with van der Waals surface area (Å²) in [6.07, 6.45) is 0. The Morgan fingerprint density at radius 1 is 0.765 bits per heavy atom. The van der Waals surface area contributed by atoms with Crippen LogP contribution < -0.4 is 0 Å². The van der Waals surface area contributed by atoms with E-state index >= 15 is 0 Å². The molecule has 34 heavy (non-hydrogen) atoms. The van der Waals surface area contributed by atoms with Crippen molar-refractivity contribution >= 4 is 21.9 Å². The van der Waals surface area contributed by atoms with Gasteiger partial charge in [0.15, 0.2) is 11.8 Å². The standard InChI is InChI=1S/C21H38N2O2.CHF3O3S.Cu/c1-17(2,3)13-20(9,10)24-15(22-13)19(7,8)16-23-14(18(4,5)6)21(11,12)25-16;2-1(3,4)8(5,6)7;/h13-14H,1-12H3;(H,5,6,7);/t13-,14-;;/m0../s1. The number of halogens is 3. The average Bonchev–Trinajstić information content (AvgIpc) is 3.01. The summed E-state index contributed by atoms with van der Waals surface area (Å²) in [6, 6.07) is 0.199. The summed E-state index contributed by atoms with van der Waals surface area (Å²) in [6.45, 7) is 26.0. The molecule has 0 saturated heterocycles. The molecule has 1 N–H and O–H groups in total. The minimum atomic E-state index is -5.84. The van der Waals surface area contributed by atoms with Crippen LogP contribution in [0.15, 0.2) is 9.98 Å². The van der Waals surface area contributed by atoms with E-state index in [9.17, 15) is 13.2 Å². The van der Waals surface area contributed by atoms with Crippen molar-refractivity contribution < 1.29 is 52.7 Å². The van der Waals surface area contributed by atoms with Gasteiger partial charge in [-0.1, -0.05) is 41.5 Å². The van der Waals surface area contributed by atoms with E-state index in [1.807, 2.05) is 0 Å². The van der Waals surface area contributed by atoms with Gasteiger partial charge in [-0.25, -0.2) is 9.98 Å².